The first kappa shape index (κ1) is 19.1. The molecule has 0 amide bonds. The first-order valence-electron chi connectivity index (χ1n) is 7.87. The summed E-state index contributed by atoms with van der Waals surface area (Å²) in [6.45, 7) is 6.37. The van der Waals surface area contributed by atoms with Crippen LogP contribution in [0.3, 0.4) is 0 Å². The molecule has 0 bridgehead atoms. The Bertz CT molecular complexity index is 539. The van der Waals surface area contributed by atoms with Crippen molar-refractivity contribution in [1.29, 1.82) is 0 Å². The molecule has 1 aromatic heterocycles. The predicted octanol–water partition coefficient (Wildman–Crippen LogP) is 1.26. The fraction of sp³-hybridized carbons (Fsp3) is 0.600. The number of guanidine groups is 1. The summed E-state index contributed by atoms with van der Waals surface area (Å²) in [6.07, 6.45) is 1.50. The average molecular weight is 376 g/mol. The van der Waals surface area contributed by atoms with E-state index in [-0.39, 0.29) is 0 Å². The summed E-state index contributed by atoms with van der Waals surface area (Å²) < 4.78 is 10.8. The molecule has 0 spiro atoms. The lowest BCUT2D eigenvalue weighted by Crippen LogP contribution is -2.45. The van der Waals surface area contributed by atoms with Gasteiger partial charge in [-0.25, -0.2) is 4.98 Å². The summed E-state index contributed by atoms with van der Waals surface area (Å²) in [5.74, 6) is 1.11. The molecule has 0 atom stereocenters. The molecule has 2 rings (SSSR count). The van der Waals surface area contributed by atoms with E-state index in [1.807, 2.05) is 0 Å². The van der Waals surface area contributed by atoms with Crippen molar-refractivity contribution in [2.24, 2.45) is 4.99 Å². The number of ether oxygens (including phenoxy) is 2. The minimum absolute atomic E-state index is 0.373. The van der Waals surface area contributed by atoms with E-state index in [0.29, 0.717) is 29.1 Å². The molecule has 0 unspecified atom stereocenters. The lowest BCUT2D eigenvalue weighted by molar-refractivity contribution is 0.0389. The largest absolute Gasteiger partial charge is 0.475 e. The molecule has 0 aromatic carbocycles. The van der Waals surface area contributed by atoms with Crippen molar-refractivity contribution in [3.05, 3.63) is 22.3 Å². The number of hydrogen-bond donors (Lipinski definition) is 2. The van der Waals surface area contributed by atoms with Crippen LogP contribution in [0.5, 0.6) is 5.88 Å². The molecule has 7 nitrogen and oxygen atoms in total. The van der Waals surface area contributed by atoms with Gasteiger partial charge < -0.3 is 20.1 Å². The van der Waals surface area contributed by atoms with Crippen molar-refractivity contribution >= 4 is 29.2 Å². The summed E-state index contributed by atoms with van der Waals surface area (Å²) in [5.41, 5.74) is 0. The van der Waals surface area contributed by atoms with Gasteiger partial charge in [-0.3, -0.25) is 9.89 Å². The summed E-state index contributed by atoms with van der Waals surface area (Å²) in [7, 11) is 1.74. The highest BCUT2D eigenvalue weighted by molar-refractivity contribution is 6.35. The van der Waals surface area contributed by atoms with Crippen LogP contribution < -0.4 is 15.4 Å². The van der Waals surface area contributed by atoms with E-state index in [1.54, 1.807) is 13.1 Å². The fourth-order valence-corrected chi connectivity index (χ4v) is 2.64. The lowest BCUT2D eigenvalue weighted by atomic mass is 10.4. The monoisotopic (exact) mass is 375 g/mol. The molecule has 2 N–H and O–H groups in total. The Morgan fingerprint density at radius 3 is 2.79 bits per heavy atom. The van der Waals surface area contributed by atoms with E-state index >= 15 is 0 Å². The van der Waals surface area contributed by atoms with Crippen LogP contribution in [0.2, 0.25) is 10.0 Å². The number of morpholine rings is 1. The van der Waals surface area contributed by atoms with Crippen molar-refractivity contribution in [3.8, 4) is 5.88 Å². The minimum Gasteiger partial charge on any atom is -0.475 e. The molecule has 134 valence electrons. The maximum atomic E-state index is 6.00. The Labute approximate surface area is 152 Å². The number of halogens is 2. The molecule has 0 saturated carbocycles. The molecule has 1 aromatic rings. The summed E-state index contributed by atoms with van der Waals surface area (Å²) in [4.78, 5) is 10.6. The normalized spacial score (nSPS) is 16.0. The zero-order valence-corrected chi connectivity index (χ0v) is 15.2. The Morgan fingerprint density at radius 2 is 2.08 bits per heavy atom. The zero-order valence-electron chi connectivity index (χ0n) is 13.7. The van der Waals surface area contributed by atoms with Gasteiger partial charge in [0.2, 0.25) is 5.88 Å². The van der Waals surface area contributed by atoms with E-state index in [4.69, 9.17) is 32.7 Å². The van der Waals surface area contributed by atoms with Gasteiger partial charge in [0.25, 0.3) is 0 Å². The maximum Gasteiger partial charge on any atom is 0.232 e. The molecule has 1 aliphatic rings. The van der Waals surface area contributed by atoms with E-state index < -0.39 is 0 Å². The summed E-state index contributed by atoms with van der Waals surface area (Å²) in [5, 5.41) is 7.34. The molecule has 24 heavy (non-hydrogen) atoms. The SMILES string of the molecule is CN=C(NCCOc1ncc(Cl)cc1Cl)NCCN1CCOCC1. The number of hydrogen-bond acceptors (Lipinski definition) is 5. The first-order chi connectivity index (χ1) is 11.7. The molecule has 2 heterocycles. The second-order valence-electron chi connectivity index (χ2n) is 5.17. The van der Waals surface area contributed by atoms with Crippen LogP contribution in [0, 0.1) is 0 Å². The van der Waals surface area contributed by atoms with Gasteiger partial charge in [-0.1, -0.05) is 23.2 Å². The molecular weight excluding hydrogens is 353 g/mol. The van der Waals surface area contributed by atoms with Gasteiger partial charge in [-0.2, -0.15) is 0 Å². The van der Waals surface area contributed by atoms with Gasteiger partial charge in [0.15, 0.2) is 5.96 Å². The van der Waals surface area contributed by atoms with Crippen LogP contribution >= 0.6 is 23.2 Å². The number of aliphatic imine (C=N–C) groups is 1. The number of nitrogens with one attached hydrogen (secondary N) is 2. The second-order valence-corrected chi connectivity index (χ2v) is 6.01. The van der Waals surface area contributed by atoms with Crippen molar-refractivity contribution in [3.63, 3.8) is 0 Å². The van der Waals surface area contributed by atoms with Crippen molar-refractivity contribution in [2.75, 3.05) is 59.6 Å². The predicted molar refractivity (Wildman–Crippen MR) is 96.4 cm³/mol. The number of rotatable bonds is 7. The average Bonchev–Trinajstić information content (AvgIpc) is 2.59. The number of pyridine rings is 1. The Hall–Kier alpha value is -1.28. The third-order valence-corrected chi connectivity index (χ3v) is 3.93. The van der Waals surface area contributed by atoms with Gasteiger partial charge in [0.05, 0.1) is 24.8 Å². The van der Waals surface area contributed by atoms with Crippen LogP contribution in [-0.2, 0) is 4.74 Å². The second kappa shape index (κ2) is 10.6. The molecule has 1 saturated heterocycles. The molecule has 1 fully saturated rings. The molecule has 1 aliphatic heterocycles. The third kappa shape index (κ3) is 6.68. The molecular formula is C15H23Cl2N5O2. The third-order valence-electron chi connectivity index (χ3n) is 3.46. The highest BCUT2D eigenvalue weighted by Gasteiger charge is 2.09. The minimum atomic E-state index is 0.373. The topological polar surface area (TPSA) is 71.0 Å². The number of aromatic nitrogens is 1. The van der Waals surface area contributed by atoms with Crippen LogP contribution in [0.15, 0.2) is 17.3 Å². The van der Waals surface area contributed by atoms with Crippen molar-refractivity contribution in [1.82, 2.24) is 20.5 Å². The Kier molecular flexibility index (Phi) is 8.38. The van der Waals surface area contributed by atoms with E-state index in [1.165, 1.54) is 6.20 Å². The lowest BCUT2D eigenvalue weighted by Gasteiger charge is -2.26. The smallest absolute Gasteiger partial charge is 0.232 e. The highest BCUT2D eigenvalue weighted by Crippen LogP contribution is 2.24. The number of nitrogens with zero attached hydrogens (tertiary/aromatic N) is 3. The molecule has 9 heteroatoms. The fourth-order valence-electron chi connectivity index (χ4n) is 2.20. The van der Waals surface area contributed by atoms with Crippen LogP contribution in [-0.4, -0.2) is 75.4 Å². The van der Waals surface area contributed by atoms with Gasteiger partial charge in [-0.05, 0) is 6.07 Å². The summed E-state index contributed by atoms with van der Waals surface area (Å²) in [6, 6.07) is 1.60. The van der Waals surface area contributed by atoms with Crippen LogP contribution in [0.4, 0.5) is 0 Å². The van der Waals surface area contributed by atoms with Gasteiger partial charge in [-0.15, -0.1) is 0 Å². The van der Waals surface area contributed by atoms with Gasteiger partial charge in [0.1, 0.15) is 11.6 Å². The zero-order chi connectivity index (χ0) is 17.2. The van der Waals surface area contributed by atoms with E-state index in [2.05, 4.69) is 25.5 Å². The van der Waals surface area contributed by atoms with Crippen molar-refractivity contribution in [2.45, 2.75) is 0 Å². The van der Waals surface area contributed by atoms with Crippen molar-refractivity contribution < 1.29 is 9.47 Å². The Balaban J connectivity index is 1.60. The van der Waals surface area contributed by atoms with E-state index in [9.17, 15) is 0 Å². The van der Waals surface area contributed by atoms with Crippen LogP contribution in [0.25, 0.3) is 0 Å². The highest BCUT2D eigenvalue weighted by atomic mass is 35.5. The molecule has 0 radical (unpaired) electrons. The molecule has 0 aliphatic carbocycles. The van der Waals surface area contributed by atoms with Crippen LogP contribution in [0.1, 0.15) is 0 Å². The first-order valence-corrected chi connectivity index (χ1v) is 8.63. The van der Waals surface area contributed by atoms with E-state index in [0.717, 1.165) is 45.4 Å². The van der Waals surface area contributed by atoms with Gasteiger partial charge >= 0.3 is 0 Å². The van der Waals surface area contributed by atoms with Gasteiger partial charge in [0, 0.05) is 39.4 Å². The standard InChI is InChI=1S/C15H23Cl2N5O2/c1-18-15(19-2-4-22-5-8-23-9-6-22)20-3-7-24-14-13(17)10-12(16)11-21-14/h10-11H,2-9H2,1H3,(H2,18,19,20). The Morgan fingerprint density at radius 1 is 1.33 bits per heavy atom. The quantitative estimate of drug-likeness (QED) is 0.424. The maximum absolute atomic E-state index is 6.00. The summed E-state index contributed by atoms with van der Waals surface area (Å²) >= 11 is 11.8.